The minimum absolute atomic E-state index is 0. The highest BCUT2D eigenvalue weighted by Gasteiger charge is 2.24. The van der Waals surface area contributed by atoms with E-state index in [0.717, 1.165) is 43.1 Å². The van der Waals surface area contributed by atoms with Crippen LogP contribution in [0, 0.1) is 0 Å². The predicted octanol–water partition coefficient (Wildman–Crippen LogP) is 3.40. The second-order valence-electron chi connectivity index (χ2n) is 7.14. The zero-order valence-corrected chi connectivity index (χ0v) is 21.2. The summed E-state index contributed by atoms with van der Waals surface area (Å²) in [7, 11) is 1.69. The molecule has 1 aliphatic rings. The number of guanidine groups is 1. The van der Waals surface area contributed by atoms with E-state index in [1.807, 2.05) is 31.2 Å². The molecule has 0 saturated carbocycles. The minimum Gasteiger partial charge on any atom is -0.493 e. The number of ether oxygens (including phenoxy) is 3. The second kappa shape index (κ2) is 16.0. The Morgan fingerprint density at radius 1 is 1.23 bits per heavy atom. The van der Waals surface area contributed by atoms with Gasteiger partial charge in [-0.2, -0.15) is 0 Å². The Balaban J connectivity index is 0.00000480. The number of amides is 1. The largest absolute Gasteiger partial charge is 0.493 e. The Labute approximate surface area is 203 Å². The smallest absolute Gasteiger partial charge is 0.409 e. The molecular weight excluding hydrogens is 511 g/mol. The molecule has 1 saturated heterocycles. The van der Waals surface area contributed by atoms with E-state index in [4.69, 9.17) is 19.2 Å². The van der Waals surface area contributed by atoms with Crippen molar-refractivity contribution in [2.24, 2.45) is 4.99 Å². The van der Waals surface area contributed by atoms with Crippen LogP contribution >= 0.6 is 24.0 Å². The van der Waals surface area contributed by atoms with Crippen LogP contribution in [-0.4, -0.2) is 69.6 Å². The lowest BCUT2D eigenvalue weighted by Gasteiger charge is -2.32. The van der Waals surface area contributed by atoms with Gasteiger partial charge < -0.3 is 29.7 Å². The molecule has 0 unspecified atom stereocenters. The SMILES string of the molecule is CCNC(=NCc1cccc(OCCCOC)c1)NC1CCN(C(=O)OCC)CC1.I. The fraction of sp³-hybridized carbons (Fsp3) is 0.636. The van der Waals surface area contributed by atoms with E-state index >= 15 is 0 Å². The number of benzene rings is 1. The highest BCUT2D eigenvalue weighted by atomic mass is 127. The first kappa shape index (κ1) is 27.3. The highest BCUT2D eigenvalue weighted by Crippen LogP contribution is 2.15. The lowest BCUT2D eigenvalue weighted by atomic mass is 10.1. The van der Waals surface area contributed by atoms with Crippen molar-refractivity contribution in [2.75, 3.05) is 46.6 Å². The van der Waals surface area contributed by atoms with Crippen molar-refractivity contribution in [3.63, 3.8) is 0 Å². The van der Waals surface area contributed by atoms with Gasteiger partial charge in [0, 0.05) is 45.8 Å². The van der Waals surface area contributed by atoms with Crippen LogP contribution < -0.4 is 15.4 Å². The maximum Gasteiger partial charge on any atom is 0.409 e. The minimum atomic E-state index is -0.221. The number of methoxy groups -OCH3 is 1. The summed E-state index contributed by atoms with van der Waals surface area (Å²) in [5.74, 6) is 1.64. The number of aliphatic imine (C=N–C) groups is 1. The van der Waals surface area contributed by atoms with E-state index in [-0.39, 0.29) is 36.1 Å². The molecule has 1 amide bonds. The normalized spacial score (nSPS) is 14.5. The molecule has 8 nitrogen and oxygen atoms in total. The summed E-state index contributed by atoms with van der Waals surface area (Å²) in [6.07, 6.45) is 2.38. The zero-order chi connectivity index (χ0) is 21.6. The third kappa shape index (κ3) is 10.4. The highest BCUT2D eigenvalue weighted by molar-refractivity contribution is 14.0. The molecule has 1 fully saturated rings. The number of likely N-dealkylation sites (tertiary alicyclic amines) is 1. The van der Waals surface area contributed by atoms with Gasteiger partial charge in [-0.1, -0.05) is 12.1 Å². The molecule has 0 bridgehead atoms. The molecule has 1 aliphatic heterocycles. The summed E-state index contributed by atoms with van der Waals surface area (Å²) in [6, 6.07) is 8.30. The first-order chi connectivity index (χ1) is 14.7. The number of carbonyl (C=O) groups excluding carboxylic acids is 1. The summed E-state index contributed by atoms with van der Waals surface area (Å²) in [4.78, 5) is 18.3. The number of nitrogens with one attached hydrogen (secondary N) is 2. The Morgan fingerprint density at radius 3 is 2.68 bits per heavy atom. The maximum absolute atomic E-state index is 11.8. The topological polar surface area (TPSA) is 84.4 Å². The van der Waals surface area contributed by atoms with Crippen molar-refractivity contribution in [1.82, 2.24) is 15.5 Å². The molecule has 0 aromatic heterocycles. The van der Waals surface area contributed by atoms with Crippen LogP contribution in [0.15, 0.2) is 29.3 Å². The molecule has 0 spiro atoms. The third-order valence-corrected chi connectivity index (χ3v) is 4.79. The van der Waals surface area contributed by atoms with Crippen molar-refractivity contribution in [3.8, 4) is 5.75 Å². The third-order valence-electron chi connectivity index (χ3n) is 4.79. The fourth-order valence-corrected chi connectivity index (χ4v) is 3.23. The van der Waals surface area contributed by atoms with E-state index in [1.54, 1.807) is 12.0 Å². The van der Waals surface area contributed by atoms with Crippen LogP contribution in [0.25, 0.3) is 0 Å². The van der Waals surface area contributed by atoms with Crippen LogP contribution in [0.3, 0.4) is 0 Å². The average Bonchev–Trinajstić information content (AvgIpc) is 2.76. The zero-order valence-electron chi connectivity index (χ0n) is 18.9. The molecule has 1 heterocycles. The number of carbonyl (C=O) groups is 1. The Morgan fingerprint density at radius 2 is 2.00 bits per heavy atom. The van der Waals surface area contributed by atoms with Crippen LogP contribution in [0.4, 0.5) is 4.79 Å². The van der Waals surface area contributed by atoms with Crippen LogP contribution in [0.2, 0.25) is 0 Å². The van der Waals surface area contributed by atoms with Crippen molar-refractivity contribution >= 4 is 36.0 Å². The van der Waals surface area contributed by atoms with E-state index in [9.17, 15) is 4.79 Å². The van der Waals surface area contributed by atoms with Gasteiger partial charge in [0.2, 0.25) is 0 Å². The molecule has 176 valence electrons. The van der Waals surface area contributed by atoms with Gasteiger partial charge in [0.15, 0.2) is 5.96 Å². The van der Waals surface area contributed by atoms with E-state index in [1.165, 1.54) is 0 Å². The molecule has 0 radical (unpaired) electrons. The van der Waals surface area contributed by atoms with Gasteiger partial charge in [-0.05, 0) is 44.4 Å². The number of piperidine rings is 1. The maximum atomic E-state index is 11.8. The Hall–Kier alpha value is -1.75. The average molecular weight is 548 g/mol. The summed E-state index contributed by atoms with van der Waals surface area (Å²) in [5.41, 5.74) is 1.09. The van der Waals surface area contributed by atoms with Crippen LogP contribution in [0.1, 0.15) is 38.7 Å². The van der Waals surface area contributed by atoms with E-state index in [0.29, 0.717) is 39.5 Å². The Bertz CT molecular complexity index is 667. The molecule has 9 heteroatoms. The first-order valence-corrected chi connectivity index (χ1v) is 10.8. The number of nitrogens with zero attached hydrogens (tertiary/aromatic N) is 2. The first-order valence-electron chi connectivity index (χ1n) is 10.8. The molecule has 1 aromatic rings. The molecular formula is C22H37IN4O4. The van der Waals surface area contributed by atoms with Gasteiger partial charge >= 0.3 is 6.09 Å². The summed E-state index contributed by atoms with van der Waals surface area (Å²) >= 11 is 0. The number of halogens is 1. The standard InChI is InChI=1S/C22H36N4O4.HI/c1-4-23-21(25-19-10-12-26(13-11-19)22(27)29-5-2)24-17-18-8-6-9-20(16-18)30-15-7-14-28-3;/h6,8-9,16,19H,4-5,7,10-15,17H2,1-3H3,(H2,23,24,25);1H. The number of rotatable bonds is 10. The van der Waals surface area contributed by atoms with Crippen LogP contribution in [0.5, 0.6) is 5.75 Å². The van der Waals surface area contributed by atoms with E-state index < -0.39 is 0 Å². The van der Waals surface area contributed by atoms with E-state index in [2.05, 4.69) is 17.6 Å². The number of hydrogen-bond donors (Lipinski definition) is 2. The van der Waals surface area contributed by atoms with Gasteiger partial charge in [-0.3, -0.25) is 0 Å². The molecule has 2 rings (SSSR count). The Kier molecular flexibility index (Phi) is 14.1. The fourth-order valence-electron chi connectivity index (χ4n) is 3.23. The van der Waals surface area contributed by atoms with Gasteiger partial charge in [0.25, 0.3) is 0 Å². The predicted molar refractivity (Wildman–Crippen MR) is 133 cm³/mol. The van der Waals surface area contributed by atoms with Crippen molar-refractivity contribution in [2.45, 2.75) is 45.7 Å². The summed E-state index contributed by atoms with van der Waals surface area (Å²) < 4.78 is 15.9. The van der Waals surface area contributed by atoms with Gasteiger partial charge in [-0.15, -0.1) is 24.0 Å². The lowest BCUT2D eigenvalue weighted by Crippen LogP contribution is -2.49. The van der Waals surface area contributed by atoms with Crippen molar-refractivity contribution in [3.05, 3.63) is 29.8 Å². The summed E-state index contributed by atoms with van der Waals surface area (Å²) in [5, 5.41) is 6.80. The van der Waals surface area contributed by atoms with Crippen molar-refractivity contribution in [1.29, 1.82) is 0 Å². The molecule has 1 aromatic carbocycles. The van der Waals surface area contributed by atoms with Gasteiger partial charge in [-0.25, -0.2) is 9.79 Å². The van der Waals surface area contributed by atoms with Gasteiger partial charge in [0.1, 0.15) is 5.75 Å². The molecule has 0 aliphatic carbocycles. The molecule has 2 N–H and O–H groups in total. The van der Waals surface area contributed by atoms with Crippen LogP contribution in [-0.2, 0) is 16.0 Å². The van der Waals surface area contributed by atoms with Crippen molar-refractivity contribution < 1.29 is 19.0 Å². The molecule has 31 heavy (non-hydrogen) atoms. The summed E-state index contributed by atoms with van der Waals surface area (Å²) in [6.45, 7) is 8.35. The quantitative estimate of drug-likeness (QED) is 0.202. The lowest BCUT2D eigenvalue weighted by molar-refractivity contribution is 0.0963. The monoisotopic (exact) mass is 548 g/mol. The van der Waals surface area contributed by atoms with Gasteiger partial charge in [0.05, 0.1) is 19.8 Å². The second-order valence-corrected chi connectivity index (χ2v) is 7.14. The number of hydrogen-bond acceptors (Lipinski definition) is 5. The molecule has 0 atom stereocenters.